The van der Waals surface area contributed by atoms with Crippen LogP contribution in [0.25, 0.3) is 0 Å². The van der Waals surface area contributed by atoms with E-state index in [-0.39, 0.29) is 5.75 Å². The van der Waals surface area contributed by atoms with Gasteiger partial charge in [-0.15, -0.1) is 6.58 Å². The van der Waals surface area contributed by atoms with Gasteiger partial charge in [-0.2, -0.15) is 17.6 Å². The molecule has 0 fully saturated rings. The van der Waals surface area contributed by atoms with Gasteiger partial charge >= 0.3 is 16.1 Å². The van der Waals surface area contributed by atoms with Gasteiger partial charge in [0.15, 0.2) is 0 Å². The second-order valence-electron chi connectivity index (χ2n) is 4.77. The van der Waals surface area contributed by atoms with Crippen molar-refractivity contribution in [2.75, 3.05) is 5.75 Å². The van der Waals surface area contributed by atoms with Crippen LogP contribution in [0.5, 0.6) is 6.01 Å². The molecule has 1 heterocycles. The third-order valence-electron chi connectivity index (χ3n) is 2.95. The summed E-state index contributed by atoms with van der Waals surface area (Å²) >= 11 is 0. The maximum Gasteiger partial charge on any atom is 0.472 e. The van der Waals surface area contributed by atoms with E-state index in [2.05, 4.69) is 20.4 Å². The molecule has 114 valence electrons. The van der Waals surface area contributed by atoms with Gasteiger partial charge in [-0.05, 0) is 12.8 Å². The molecular weight excluding hydrogens is 276 g/mol. The van der Waals surface area contributed by atoms with E-state index in [0.29, 0.717) is 6.01 Å². The minimum atomic E-state index is -3.61. The van der Waals surface area contributed by atoms with Gasteiger partial charge in [-0.3, -0.25) is 0 Å². The van der Waals surface area contributed by atoms with Crippen LogP contribution in [0.15, 0.2) is 25.0 Å². The lowest BCUT2D eigenvalue weighted by Crippen LogP contribution is -2.36. The van der Waals surface area contributed by atoms with Gasteiger partial charge in [0.1, 0.15) is 18.1 Å². The minimum Gasteiger partial charge on any atom is -0.308 e. The number of imidazole rings is 1. The van der Waals surface area contributed by atoms with Gasteiger partial charge in [-0.25, -0.2) is 0 Å². The number of nitrogens with zero attached hydrogens (tertiary/aromatic N) is 2. The average Bonchev–Trinajstić information content (AvgIpc) is 2.75. The van der Waals surface area contributed by atoms with Crippen molar-refractivity contribution in [2.45, 2.75) is 52.6 Å². The zero-order valence-electron chi connectivity index (χ0n) is 12.4. The summed E-state index contributed by atoms with van der Waals surface area (Å²) in [5.41, 5.74) is 0. The molecule has 0 atom stereocenters. The SMILES string of the molecule is C=CCS(=O)(=O)Oc1n(CCCC)cc[n+]1CCCC. The monoisotopic (exact) mass is 301 g/mol. The molecule has 0 aromatic carbocycles. The van der Waals surface area contributed by atoms with E-state index < -0.39 is 10.1 Å². The summed E-state index contributed by atoms with van der Waals surface area (Å²) in [5, 5.41) is 0. The molecule has 0 aliphatic heterocycles. The second kappa shape index (κ2) is 8.09. The molecule has 0 unspecified atom stereocenters. The number of aryl methyl sites for hydroxylation is 2. The highest BCUT2D eigenvalue weighted by atomic mass is 32.2. The fraction of sp³-hybridized carbons (Fsp3) is 0.643. The highest BCUT2D eigenvalue weighted by Crippen LogP contribution is 2.11. The summed E-state index contributed by atoms with van der Waals surface area (Å²) in [4.78, 5) is 0. The molecule has 6 heteroatoms. The summed E-state index contributed by atoms with van der Waals surface area (Å²) in [5.74, 6) is -0.181. The summed E-state index contributed by atoms with van der Waals surface area (Å²) < 4.78 is 32.6. The Bertz CT molecular complexity index is 495. The van der Waals surface area contributed by atoms with Crippen molar-refractivity contribution in [3.05, 3.63) is 25.0 Å². The molecule has 0 aliphatic carbocycles. The first kappa shape index (κ1) is 16.8. The maximum absolute atomic E-state index is 11.8. The summed E-state index contributed by atoms with van der Waals surface area (Å²) in [6.07, 6.45) is 9.16. The average molecular weight is 301 g/mol. The number of unbranched alkanes of at least 4 members (excludes halogenated alkanes) is 2. The van der Waals surface area contributed by atoms with Crippen molar-refractivity contribution in [2.24, 2.45) is 0 Å². The fourth-order valence-corrected chi connectivity index (χ4v) is 2.61. The van der Waals surface area contributed by atoms with E-state index in [1.807, 2.05) is 21.5 Å². The van der Waals surface area contributed by atoms with Gasteiger partial charge < -0.3 is 4.18 Å². The summed E-state index contributed by atoms with van der Waals surface area (Å²) in [6.45, 7) is 9.17. The van der Waals surface area contributed by atoms with E-state index in [1.54, 1.807) is 0 Å². The number of rotatable bonds is 10. The Kier molecular flexibility index (Phi) is 6.78. The largest absolute Gasteiger partial charge is 0.472 e. The molecule has 20 heavy (non-hydrogen) atoms. The molecule has 0 saturated heterocycles. The van der Waals surface area contributed by atoms with E-state index in [0.717, 1.165) is 38.8 Å². The van der Waals surface area contributed by atoms with E-state index >= 15 is 0 Å². The molecule has 5 nitrogen and oxygen atoms in total. The van der Waals surface area contributed by atoms with Gasteiger partial charge in [0.25, 0.3) is 0 Å². The van der Waals surface area contributed by atoms with Crippen molar-refractivity contribution in [3.63, 3.8) is 0 Å². The lowest BCUT2D eigenvalue weighted by atomic mass is 10.3. The first-order valence-electron chi connectivity index (χ1n) is 7.15. The fourth-order valence-electron chi connectivity index (χ4n) is 1.84. The second-order valence-corrected chi connectivity index (χ2v) is 6.39. The summed E-state index contributed by atoms with van der Waals surface area (Å²) in [7, 11) is -3.61. The van der Waals surface area contributed by atoms with Gasteiger partial charge in [0.2, 0.25) is 0 Å². The Labute approximate surface area is 122 Å². The summed E-state index contributed by atoms with van der Waals surface area (Å²) in [6, 6.07) is 0.397. The molecule has 1 aromatic heterocycles. The Morgan fingerprint density at radius 2 is 2.05 bits per heavy atom. The van der Waals surface area contributed by atoms with Crippen LogP contribution in [0.2, 0.25) is 0 Å². The molecule has 1 aromatic rings. The Hall–Kier alpha value is -1.30. The third kappa shape index (κ3) is 5.00. The first-order chi connectivity index (χ1) is 9.54. The number of hydrogen-bond donors (Lipinski definition) is 0. The van der Waals surface area contributed by atoms with E-state index in [4.69, 9.17) is 4.18 Å². The molecule has 0 saturated carbocycles. The van der Waals surface area contributed by atoms with Crippen LogP contribution in [0, 0.1) is 0 Å². The van der Waals surface area contributed by atoms with Crippen LogP contribution in [-0.4, -0.2) is 18.7 Å². The lowest BCUT2D eigenvalue weighted by molar-refractivity contribution is -0.699. The van der Waals surface area contributed by atoms with Crippen molar-refractivity contribution in [1.82, 2.24) is 4.57 Å². The topological polar surface area (TPSA) is 52.2 Å². The minimum absolute atomic E-state index is 0.181. The molecule has 0 spiro atoms. The van der Waals surface area contributed by atoms with Crippen molar-refractivity contribution < 1.29 is 17.2 Å². The van der Waals surface area contributed by atoms with Crippen LogP contribution < -0.4 is 8.75 Å². The molecule has 0 bridgehead atoms. The highest BCUT2D eigenvalue weighted by molar-refractivity contribution is 7.87. The predicted octanol–water partition coefficient (Wildman–Crippen LogP) is 2.27. The van der Waals surface area contributed by atoms with Crippen molar-refractivity contribution in [3.8, 4) is 6.01 Å². The van der Waals surface area contributed by atoms with Crippen LogP contribution >= 0.6 is 0 Å². The van der Waals surface area contributed by atoms with Crippen LogP contribution in [0.4, 0.5) is 0 Å². The normalized spacial score (nSPS) is 11.5. The maximum atomic E-state index is 11.8. The van der Waals surface area contributed by atoms with Gasteiger partial charge in [0, 0.05) is 0 Å². The molecule has 0 N–H and O–H groups in total. The standard InChI is InChI=1S/C14H25N2O3S/c1-4-7-9-15-11-12-16(10-8-5-2)14(15)19-20(17,18)13-6-3/h6,11-12H,3-5,7-10,13H2,1-2H3/q+1. The zero-order chi connectivity index (χ0) is 15.0. The zero-order valence-corrected chi connectivity index (χ0v) is 13.2. The van der Waals surface area contributed by atoms with Crippen molar-refractivity contribution >= 4 is 10.1 Å². The quantitative estimate of drug-likeness (QED) is 0.378. The van der Waals surface area contributed by atoms with E-state index in [1.165, 1.54) is 6.08 Å². The Morgan fingerprint density at radius 1 is 1.35 bits per heavy atom. The lowest BCUT2D eigenvalue weighted by Gasteiger charge is -2.05. The molecule has 0 amide bonds. The molecule has 0 radical (unpaired) electrons. The van der Waals surface area contributed by atoms with E-state index in [9.17, 15) is 8.42 Å². The first-order valence-corrected chi connectivity index (χ1v) is 8.73. The number of aromatic nitrogens is 2. The highest BCUT2D eigenvalue weighted by Gasteiger charge is 2.24. The van der Waals surface area contributed by atoms with Gasteiger partial charge in [-0.1, -0.05) is 32.8 Å². The van der Waals surface area contributed by atoms with Crippen LogP contribution in [0.1, 0.15) is 39.5 Å². The number of hydrogen-bond acceptors (Lipinski definition) is 3. The molecule has 0 aliphatic rings. The van der Waals surface area contributed by atoms with Crippen LogP contribution in [0.3, 0.4) is 0 Å². The third-order valence-corrected chi connectivity index (χ3v) is 3.99. The van der Waals surface area contributed by atoms with Gasteiger partial charge in [0.05, 0.1) is 13.1 Å². The molecular formula is C14H25N2O3S+. The van der Waals surface area contributed by atoms with Crippen LogP contribution in [-0.2, 0) is 23.2 Å². The Morgan fingerprint density at radius 3 is 2.65 bits per heavy atom. The smallest absolute Gasteiger partial charge is 0.308 e. The molecule has 1 rings (SSSR count). The Balaban J connectivity index is 2.97. The predicted molar refractivity (Wildman–Crippen MR) is 79.1 cm³/mol. The van der Waals surface area contributed by atoms with Crippen molar-refractivity contribution in [1.29, 1.82) is 0 Å².